The molecular formula is C22H24N2O6S2. The summed E-state index contributed by atoms with van der Waals surface area (Å²) in [6.07, 6.45) is 0.0918. The van der Waals surface area contributed by atoms with E-state index in [1.807, 2.05) is 17.0 Å². The van der Waals surface area contributed by atoms with E-state index in [9.17, 15) is 13.2 Å². The molecule has 10 heteroatoms. The lowest BCUT2D eigenvalue weighted by molar-refractivity contribution is -0.117. The molecule has 32 heavy (non-hydrogen) atoms. The molecule has 170 valence electrons. The number of hydrogen-bond donors (Lipinski definition) is 0. The molecule has 0 radical (unpaired) electrons. The molecule has 0 saturated carbocycles. The van der Waals surface area contributed by atoms with E-state index in [0.29, 0.717) is 22.4 Å². The summed E-state index contributed by atoms with van der Waals surface area (Å²) in [6, 6.07) is 12.3. The molecule has 8 nitrogen and oxygen atoms in total. The van der Waals surface area contributed by atoms with E-state index in [4.69, 9.17) is 14.2 Å². The average Bonchev–Trinajstić information content (AvgIpc) is 3.24. The quantitative estimate of drug-likeness (QED) is 0.628. The molecule has 0 unspecified atom stereocenters. The van der Waals surface area contributed by atoms with Gasteiger partial charge < -0.3 is 19.1 Å². The molecule has 0 aromatic heterocycles. The Bertz CT molecular complexity index is 1150. The third-order valence-electron chi connectivity index (χ3n) is 5.44. The molecule has 2 aromatic rings. The van der Waals surface area contributed by atoms with Crippen LogP contribution in [0.1, 0.15) is 5.56 Å². The van der Waals surface area contributed by atoms with Gasteiger partial charge in [-0.3, -0.25) is 4.79 Å². The molecule has 2 saturated heterocycles. The number of hydrogen-bond acceptors (Lipinski definition) is 7. The van der Waals surface area contributed by atoms with E-state index in [2.05, 4.69) is 4.99 Å². The van der Waals surface area contributed by atoms with Crippen LogP contribution in [0.3, 0.4) is 0 Å². The van der Waals surface area contributed by atoms with Gasteiger partial charge in [-0.1, -0.05) is 17.8 Å². The summed E-state index contributed by atoms with van der Waals surface area (Å²) in [7, 11) is 1.55. The fourth-order valence-corrected chi connectivity index (χ4v) is 7.85. The van der Waals surface area contributed by atoms with Gasteiger partial charge in [0.1, 0.15) is 5.75 Å². The van der Waals surface area contributed by atoms with Gasteiger partial charge in [0.2, 0.25) is 0 Å². The van der Waals surface area contributed by atoms with Crippen molar-refractivity contribution in [2.75, 3.05) is 37.7 Å². The Labute approximate surface area is 191 Å². The zero-order chi connectivity index (χ0) is 22.9. The summed E-state index contributed by atoms with van der Waals surface area (Å²) in [4.78, 5) is 19.0. The number of thioether (sulfide) groups is 1. The number of amides is 1. The molecule has 2 aliphatic rings. The molecule has 2 aliphatic heterocycles. The number of carbonyl (C=O) groups excluding carboxylic acids is 1. The first-order chi connectivity index (χ1) is 15.3. The number of fused-ring (bicyclic) bond motifs is 1. The first-order valence-electron chi connectivity index (χ1n) is 9.96. The second kappa shape index (κ2) is 9.03. The smallest absolute Gasteiger partial charge is 0.252 e. The first-order valence-corrected chi connectivity index (χ1v) is 12.7. The topological polar surface area (TPSA) is 94.5 Å². The van der Waals surface area contributed by atoms with Gasteiger partial charge in [0.25, 0.3) is 5.91 Å². The number of carbonyl (C=O) groups is 1. The Kier molecular flexibility index (Phi) is 6.34. The van der Waals surface area contributed by atoms with E-state index in [1.165, 1.54) is 11.8 Å². The number of anilines is 1. The number of benzene rings is 2. The lowest BCUT2D eigenvalue weighted by Crippen LogP contribution is -2.37. The summed E-state index contributed by atoms with van der Waals surface area (Å²) in [6.45, 7) is 0. The maximum atomic E-state index is 12.8. The van der Waals surface area contributed by atoms with Crippen molar-refractivity contribution in [1.82, 2.24) is 0 Å². The van der Waals surface area contributed by atoms with Crippen LogP contribution < -0.4 is 19.1 Å². The van der Waals surface area contributed by atoms with Gasteiger partial charge in [-0.2, -0.15) is 4.99 Å². The molecule has 2 fully saturated rings. The van der Waals surface area contributed by atoms with Gasteiger partial charge in [-0.15, -0.1) is 0 Å². The summed E-state index contributed by atoms with van der Waals surface area (Å²) in [5.74, 6) is 1.62. The van der Waals surface area contributed by atoms with Gasteiger partial charge in [0, 0.05) is 10.9 Å². The zero-order valence-electron chi connectivity index (χ0n) is 18.0. The van der Waals surface area contributed by atoms with Crippen LogP contribution in [0.25, 0.3) is 0 Å². The van der Waals surface area contributed by atoms with Crippen LogP contribution in [0.5, 0.6) is 17.2 Å². The number of nitrogens with zero attached hydrogens (tertiary/aromatic N) is 2. The van der Waals surface area contributed by atoms with E-state index < -0.39 is 9.84 Å². The zero-order valence-corrected chi connectivity index (χ0v) is 19.6. The van der Waals surface area contributed by atoms with Gasteiger partial charge in [0.05, 0.1) is 45.3 Å². The summed E-state index contributed by atoms with van der Waals surface area (Å²) >= 11 is 1.35. The minimum absolute atomic E-state index is 0.0413. The van der Waals surface area contributed by atoms with E-state index in [0.717, 1.165) is 11.3 Å². The molecular weight excluding hydrogens is 452 g/mol. The van der Waals surface area contributed by atoms with Gasteiger partial charge in [0.15, 0.2) is 26.5 Å². The number of ether oxygens (including phenoxy) is 3. The van der Waals surface area contributed by atoms with Gasteiger partial charge in [-0.05, 0) is 42.0 Å². The molecule has 2 aromatic carbocycles. The van der Waals surface area contributed by atoms with Crippen molar-refractivity contribution in [1.29, 1.82) is 0 Å². The Balaban J connectivity index is 1.61. The highest BCUT2D eigenvalue weighted by molar-refractivity contribution is 8.16. The Hall–Kier alpha value is -2.72. The first kappa shape index (κ1) is 22.5. The van der Waals surface area contributed by atoms with Crippen molar-refractivity contribution < 1.29 is 27.4 Å². The fraction of sp³-hybridized carbons (Fsp3) is 0.364. The van der Waals surface area contributed by atoms with Crippen LogP contribution in [0.15, 0.2) is 47.5 Å². The third-order valence-corrected chi connectivity index (χ3v) is 8.65. The highest BCUT2D eigenvalue weighted by Gasteiger charge is 2.49. The third kappa shape index (κ3) is 4.56. The molecule has 0 N–H and O–H groups in total. The molecule has 0 aliphatic carbocycles. The van der Waals surface area contributed by atoms with Crippen molar-refractivity contribution in [3.8, 4) is 17.2 Å². The maximum Gasteiger partial charge on any atom is 0.252 e. The molecule has 1 amide bonds. The molecule has 0 spiro atoms. The fourth-order valence-electron chi connectivity index (χ4n) is 3.92. The molecule has 2 heterocycles. The van der Waals surface area contributed by atoms with Gasteiger partial charge in [-0.25, -0.2) is 8.42 Å². The van der Waals surface area contributed by atoms with Crippen LogP contribution in [-0.4, -0.2) is 63.6 Å². The molecule has 4 rings (SSSR count). The Morgan fingerprint density at radius 1 is 1.03 bits per heavy atom. The highest BCUT2D eigenvalue weighted by Crippen LogP contribution is 2.41. The predicted molar refractivity (Wildman–Crippen MR) is 125 cm³/mol. The van der Waals surface area contributed by atoms with E-state index in [1.54, 1.807) is 51.7 Å². The largest absolute Gasteiger partial charge is 0.497 e. The van der Waals surface area contributed by atoms with Crippen LogP contribution >= 0.6 is 11.8 Å². The van der Waals surface area contributed by atoms with Crippen LogP contribution in [0, 0.1) is 0 Å². The monoisotopic (exact) mass is 476 g/mol. The van der Waals surface area contributed by atoms with Crippen LogP contribution in [0.4, 0.5) is 5.69 Å². The Morgan fingerprint density at radius 3 is 2.41 bits per heavy atom. The van der Waals surface area contributed by atoms with Crippen molar-refractivity contribution in [2.45, 2.75) is 17.7 Å². The second-order valence-electron chi connectivity index (χ2n) is 7.52. The SMILES string of the molecule is COc1ccc(N2C(=NC(=O)Cc3ccc(OC)c(OC)c3)S[C@H]3CS(=O)(=O)C[C@H]32)cc1. The predicted octanol–water partition coefficient (Wildman–Crippen LogP) is 2.56. The van der Waals surface area contributed by atoms with Crippen LogP contribution in [-0.2, 0) is 21.1 Å². The normalized spacial score (nSPS) is 22.6. The number of rotatable bonds is 6. The standard InChI is InChI=1S/C22H24N2O6S2/c1-28-16-7-5-15(6-8-16)24-17-12-32(26,27)13-20(17)31-22(24)23-21(25)11-14-4-9-18(29-2)19(10-14)30-3/h4-10,17,20H,11-13H2,1-3H3/t17-,20+/m1/s1. The minimum atomic E-state index is -3.13. The second-order valence-corrected chi connectivity index (χ2v) is 10.9. The molecule has 2 atom stereocenters. The van der Waals surface area contributed by atoms with Crippen molar-refractivity contribution in [3.63, 3.8) is 0 Å². The maximum absolute atomic E-state index is 12.8. The lowest BCUT2D eigenvalue weighted by atomic mass is 10.1. The summed E-state index contributed by atoms with van der Waals surface area (Å²) in [5, 5.41) is 0.361. The number of methoxy groups -OCH3 is 3. The van der Waals surface area contributed by atoms with Crippen molar-refractivity contribution >= 4 is 38.4 Å². The average molecular weight is 477 g/mol. The highest BCUT2D eigenvalue weighted by atomic mass is 32.2. The van der Waals surface area contributed by atoms with Crippen molar-refractivity contribution in [2.24, 2.45) is 4.99 Å². The minimum Gasteiger partial charge on any atom is -0.497 e. The van der Waals surface area contributed by atoms with E-state index in [-0.39, 0.29) is 35.1 Å². The van der Waals surface area contributed by atoms with Gasteiger partial charge >= 0.3 is 0 Å². The van der Waals surface area contributed by atoms with Crippen LogP contribution in [0.2, 0.25) is 0 Å². The van der Waals surface area contributed by atoms with E-state index >= 15 is 0 Å². The number of sulfone groups is 1. The number of aliphatic imine (C=N–C) groups is 1. The summed E-state index contributed by atoms with van der Waals surface area (Å²) in [5.41, 5.74) is 1.53. The summed E-state index contributed by atoms with van der Waals surface area (Å²) < 4.78 is 40.2. The molecule has 0 bridgehead atoms. The van der Waals surface area contributed by atoms with Crippen molar-refractivity contribution in [3.05, 3.63) is 48.0 Å². The lowest BCUT2D eigenvalue weighted by Gasteiger charge is -2.24. The Morgan fingerprint density at radius 2 is 1.75 bits per heavy atom. The number of amidine groups is 1.